The van der Waals surface area contributed by atoms with Crippen molar-refractivity contribution in [2.24, 2.45) is 5.92 Å². The molecular weight excluding hydrogens is 267 g/mol. The minimum absolute atomic E-state index is 0.0112. The summed E-state index contributed by atoms with van der Waals surface area (Å²) in [6, 6.07) is 0.875. The van der Waals surface area contributed by atoms with Crippen LogP contribution in [0.15, 0.2) is 6.07 Å². The molecule has 1 heterocycles. The van der Waals surface area contributed by atoms with E-state index in [-0.39, 0.29) is 11.9 Å². The van der Waals surface area contributed by atoms with Gasteiger partial charge in [0, 0.05) is 12.1 Å². The van der Waals surface area contributed by atoms with Crippen LogP contribution in [0.5, 0.6) is 0 Å². The normalized spacial score (nSPS) is 13.8. The third-order valence-corrected chi connectivity index (χ3v) is 2.38. The number of nitrogens with zero attached hydrogens (tertiary/aromatic N) is 2. The number of aromatic nitrogens is 2. The average molecular weight is 282 g/mol. The molecule has 102 valence electrons. The number of nitrogens with one attached hydrogen (secondary N) is 1. The fourth-order valence-electron chi connectivity index (χ4n) is 1.66. The second-order valence-corrected chi connectivity index (χ2v) is 4.92. The maximum absolute atomic E-state index is 12.5. The van der Waals surface area contributed by atoms with Gasteiger partial charge in [-0.15, -0.1) is 0 Å². The average Bonchev–Trinajstić information content (AvgIpc) is 2.13. The summed E-state index contributed by atoms with van der Waals surface area (Å²) in [6.45, 7) is 5.95. The largest absolute Gasteiger partial charge is 0.433 e. The van der Waals surface area contributed by atoms with Gasteiger partial charge in [0.25, 0.3) is 0 Å². The molecule has 1 aromatic rings. The lowest BCUT2D eigenvalue weighted by Crippen LogP contribution is -2.19. The Bertz CT molecular complexity index is 407. The predicted molar refractivity (Wildman–Crippen MR) is 64.6 cm³/mol. The molecule has 1 atom stereocenters. The Kier molecular flexibility index (Phi) is 4.78. The summed E-state index contributed by atoms with van der Waals surface area (Å²) in [5, 5.41) is 2.48. The van der Waals surface area contributed by atoms with Gasteiger partial charge >= 0.3 is 6.18 Å². The van der Waals surface area contributed by atoms with Crippen molar-refractivity contribution in [1.29, 1.82) is 0 Å². The van der Waals surface area contributed by atoms with Crippen LogP contribution in [0.3, 0.4) is 0 Å². The molecule has 18 heavy (non-hydrogen) atoms. The van der Waals surface area contributed by atoms with Gasteiger partial charge in [0.15, 0.2) is 5.69 Å². The molecule has 0 bridgehead atoms. The summed E-state index contributed by atoms with van der Waals surface area (Å²) in [5.74, 6) is 0.530. The second-order valence-electron chi connectivity index (χ2n) is 4.58. The van der Waals surface area contributed by atoms with Crippen LogP contribution in [0.4, 0.5) is 19.0 Å². The molecule has 0 fully saturated rings. The minimum Gasteiger partial charge on any atom is -0.367 e. The molecule has 1 N–H and O–H groups in total. The van der Waals surface area contributed by atoms with E-state index >= 15 is 0 Å². The second kappa shape index (κ2) is 5.73. The first-order valence-electron chi connectivity index (χ1n) is 5.56. The number of hydrogen-bond donors (Lipinski definition) is 1. The van der Waals surface area contributed by atoms with Gasteiger partial charge in [0.2, 0.25) is 5.28 Å². The van der Waals surface area contributed by atoms with Crippen LogP contribution in [0.25, 0.3) is 0 Å². The van der Waals surface area contributed by atoms with E-state index in [0.29, 0.717) is 5.92 Å². The van der Waals surface area contributed by atoms with Gasteiger partial charge in [0.05, 0.1) is 0 Å². The lowest BCUT2D eigenvalue weighted by Gasteiger charge is -2.17. The summed E-state index contributed by atoms with van der Waals surface area (Å²) >= 11 is 5.48. The predicted octanol–water partition coefficient (Wildman–Crippen LogP) is 4.00. The molecule has 1 unspecified atom stereocenters. The zero-order valence-corrected chi connectivity index (χ0v) is 11.1. The van der Waals surface area contributed by atoms with Crippen LogP contribution in [0.1, 0.15) is 32.9 Å². The number of alkyl halides is 3. The molecule has 0 amide bonds. The Balaban J connectivity index is 2.87. The molecule has 0 aliphatic rings. The smallest absolute Gasteiger partial charge is 0.367 e. The molecule has 1 aromatic heterocycles. The summed E-state index contributed by atoms with van der Waals surface area (Å²) in [7, 11) is 0. The van der Waals surface area contributed by atoms with Crippen molar-refractivity contribution in [2.75, 3.05) is 5.32 Å². The lowest BCUT2D eigenvalue weighted by atomic mass is 10.1. The first-order valence-corrected chi connectivity index (χ1v) is 5.94. The molecule has 0 aliphatic carbocycles. The molecule has 1 rings (SSSR count). The van der Waals surface area contributed by atoms with Crippen molar-refractivity contribution in [3.05, 3.63) is 17.0 Å². The van der Waals surface area contributed by atoms with Crippen LogP contribution in [0, 0.1) is 5.92 Å². The topological polar surface area (TPSA) is 37.8 Å². The Morgan fingerprint density at radius 3 is 2.39 bits per heavy atom. The zero-order chi connectivity index (χ0) is 13.9. The monoisotopic (exact) mass is 281 g/mol. The van der Waals surface area contributed by atoms with E-state index < -0.39 is 17.2 Å². The molecule has 0 saturated carbocycles. The highest BCUT2D eigenvalue weighted by atomic mass is 35.5. The van der Waals surface area contributed by atoms with Crippen molar-refractivity contribution in [3.63, 3.8) is 0 Å². The van der Waals surface area contributed by atoms with E-state index in [1.807, 2.05) is 20.8 Å². The minimum atomic E-state index is -4.52. The summed E-state index contributed by atoms with van der Waals surface area (Å²) in [4.78, 5) is 6.90. The Morgan fingerprint density at radius 1 is 1.28 bits per heavy atom. The van der Waals surface area contributed by atoms with Gasteiger partial charge in [-0.05, 0) is 30.9 Å². The SMILES string of the molecule is CC(C)CC(C)Nc1cc(C(F)(F)F)nc(Cl)n1. The zero-order valence-electron chi connectivity index (χ0n) is 10.3. The molecule has 0 radical (unpaired) electrons. The fourth-order valence-corrected chi connectivity index (χ4v) is 1.84. The van der Waals surface area contributed by atoms with Crippen LogP contribution < -0.4 is 5.32 Å². The highest BCUT2D eigenvalue weighted by Gasteiger charge is 2.33. The van der Waals surface area contributed by atoms with Crippen molar-refractivity contribution >= 4 is 17.4 Å². The maximum atomic E-state index is 12.5. The summed E-state index contributed by atoms with van der Waals surface area (Å²) in [6.07, 6.45) is -3.70. The van der Waals surface area contributed by atoms with Gasteiger partial charge in [-0.25, -0.2) is 9.97 Å². The van der Waals surface area contributed by atoms with E-state index in [9.17, 15) is 13.2 Å². The molecule has 0 aliphatic heterocycles. The van der Waals surface area contributed by atoms with Gasteiger partial charge in [0.1, 0.15) is 5.82 Å². The van der Waals surface area contributed by atoms with Crippen LogP contribution in [-0.4, -0.2) is 16.0 Å². The Morgan fingerprint density at radius 2 is 1.89 bits per heavy atom. The Labute approximate surface area is 109 Å². The van der Waals surface area contributed by atoms with Crippen molar-refractivity contribution < 1.29 is 13.2 Å². The highest BCUT2D eigenvalue weighted by Crippen LogP contribution is 2.29. The molecule has 0 spiro atoms. The highest BCUT2D eigenvalue weighted by molar-refractivity contribution is 6.28. The molecule has 0 saturated heterocycles. The van der Waals surface area contributed by atoms with Gasteiger partial charge < -0.3 is 5.32 Å². The summed E-state index contributed by atoms with van der Waals surface area (Å²) < 4.78 is 37.6. The van der Waals surface area contributed by atoms with Gasteiger partial charge in [-0.2, -0.15) is 13.2 Å². The first kappa shape index (κ1) is 15.0. The van der Waals surface area contributed by atoms with Crippen LogP contribution >= 0.6 is 11.6 Å². The third kappa shape index (κ3) is 4.68. The van der Waals surface area contributed by atoms with E-state index in [2.05, 4.69) is 15.3 Å². The number of anilines is 1. The first-order chi connectivity index (χ1) is 8.18. The van der Waals surface area contributed by atoms with Crippen molar-refractivity contribution in [3.8, 4) is 0 Å². The van der Waals surface area contributed by atoms with E-state index in [1.165, 1.54) is 0 Å². The van der Waals surface area contributed by atoms with Crippen molar-refractivity contribution in [1.82, 2.24) is 9.97 Å². The third-order valence-electron chi connectivity index (χ3n) is 2.21. The van der Waals surface area contributed by atoms with E-state index in [1.54, 1.807) is 0 Å². The Hall–Kier alpha value is -1.04. The quantitative estimate of drug-likeness (QED) is 0.848. The molecular formula is C11H15ClF3N3. The lowest BCUT2D eigenvalue weighted by molar-refractivity contribution is -0.141. The van der Waals surface area contributed by atoms with Gasteiger partial charge in [-0.1, -0.05) is 13.8 Å². The van der Waals surface area contributed by atoms with Crippen LogP contribution in [-0.2, 0) is 6.18 Å². The number of rotatable bonds is 4. The molecule has 0 aromatic carbocycles. The number of hydrogen-bond acceptors (Lipinski definition) is 3. The molecule has 3 nitrogen and oxygen atoms in total. The fraction of sp³-hybridized carbons (Fsp3) is 0.636. The van der Waals surface area contributed by atoms with E-state index in [4.69, 9.17) is 11.6 Å². The van der Waals surface area contributed by atoms with E-state index in [0.717, 1.165) is 12.5 Å². The summed E-state index contributed by atoms with van der Waals surface area (Å²) in [5.41, 5.74) is -1.04. The number of halogens is 4. The standard InChI is InChI=1S/C11H15ClF3N3/c1-6(2)4-7(3)16-9-5-8(11(13,14)15)17-10(12)18-9/h5-7H,4H2,1-3H3,(H,16,17,18). The van der Waals surface area contributed by atoms with Crippen LogP contribution in [0.2, 0.25) is 5.28 Å². The molecule has 7 heteroatoms. The van der Waals surface area contributed by atoms with Crippen molar-refractivity contribution in [2.45, 2.75) is 39.4 Å². The maximum Gasteiger partial charge on any atom is 0.433 e. The van der Waals surface area contributed by atoms with Gasteiger partial charge in [-0.3, -0.25) is 0 Å².